The standard InChI is InChI=1S/C18H11BrClN3O3S/c19-14-6-2-3-11-12(14)4-1-5-13(11)17(24)22-18(27)21-15-8-7-10(20)9-16(15)23(25)26/h1-9H,(H2,21,22,24,27). The van der Waals surface area contributed by atoms with Gasteiger partial charge in [0.2, 0.25) is 0 Å². The van der Waals surface area contributed by atoms with Gasteiger partial charge < -0.3 is 5.32 Å². The molecule has 0 radical (unpaired) electrons. The van der Waals surface area contributed by atoms with E-state index < -0.39 is 10.8 Å². The Kier molecular flexibility index (Phi) is 5.69. The summed E-state index contributed by atoms with van der Waals surface area (Å²) < 4.78 is 0.868. The van der Waals surface area contributed by atoms with Crippen molar-refractivity contribution in [2.75, 3.05) is 5.32 Å². The number of benzene rings is 3. The molecule has 0 unspecified atom stereocenters. The Morgan fingerprint density at radius 3 is 2.56 bits per heavy atom. The SMILES string of the molecule is O=C(NC(=S)Nc1ccc(Cl)cc1[N+](=O)[O-])c1cccc2c(Br)cccc12. The Hall–Kier alpha value is -2.55. The summed E-state index contributed by atoms with van der Waals surface area (Å²) in [6.45, 7) is 0. The zero-order chi connectivity index (χ0) is 19.6. The van der Waals surface area contributed by atoms with E-state index in [0.29, 0.717) is 5.56 Å². The number of hydrogen-bond donors (Lipinski definition) is 2. The van der Waals surface area contributed by atoms with Crippen molar-refractivity contribution in [2.45, 2.75) is 0 Å². The summed E-state index contributed by atoms with van der Waals surface area (Å²) in [5, 5.41) is 18.2. The second kappa shape index (κ2) is 7.99. The third kappa shape index (κ3) is 4.24. The van der Waals surface area contributed by atoms with Crippen LogP contribution in [0.2, 0.25) is 5.02 Å². The van der Waals surface area contributed by atoms with E-state index in [9.17, 15) is 14.9 Å². The fourth-order valence-corrected chi connectivity index (χ4v) is 3.42. The van der Waals surface area contributed by atoms with E-state index in [-0.39, 0.29) is 21.5 Å². The average molecular weight is 465 g/mol. The van der Waals surface area contributed by atoms with E-state index in [1.165, 1.54) is 18.2 Å². The maximum atomic E-state index is 12.6. The molecule has 0 saturated carbocycles. The van der Waals surface area contributed by atoms with Crippen LogP contribution in [0.5, 0.6) is 0 Å². The lowest BCUT2D eigenvalue weighted by Gasteiger charge is -2.12. The number of carbonyl (C=O) groups excluding carboxylic acids is 1. The summed E-state index contributed by atoms with van der Waals surface area (Å²) in [4.78, 5) is 23.2. The van der Waals surface area contributed by atoms with Crippen molar-refractivity contribution in [3.63, 3.8) is 0 Å². The van der Waals surface area contributed by atoms with Crippen molar-refractivity contribution in [1.82, 2.24) is 5.32 Å². The monoisotopic (exact) mass is 463 g/mol. The lowest BCUT2D eigenvalue weighted by Crippen LogP contribution is -2.34. The molecule has 0 aliphatic rings. The molecule has 3 rings (SSSR count). The predicted octanol–water partition coefficient (Wildman–Crippen LogP) is 5.29. The van der Waals surface area contributed by atoms with Crippen LogP contribution in [0.3, 0.4) is 0 Å². The maximum absolute atomic E-state index is 12.6. The van der Waals surface area contributed by atoms with Gasteiger partial charge in [0.25, 0.3) is 11.6 Å². The Labute approximate surface area is 172 Å². The highest BCUT2D eigenvalue weighted by Gasteiger charge is 2.17. The van der Waals surface area contributed by atoms with Gasteiger partial charge in [-0.2, -0.15) is 0 Å². The third-order valence-electron chi connectivity index (χ3n) is 3.75. The fraction of sp³-hybridized carbons (Fsp3) is 0. The van der Waals surface area contributed by atoms with Gasteiger partial charge in [-0.3, -0.25) is 20.2 Å². The molecule has 0 fully saturated rings. The van der Waals surface area contributed by atoms with Gasteiger partial charge >= 0.3 is 0 Å². The molecular formula is C18H11BrClN3O3S. The zero-order valence-electron chi connectivity index (χ0n) is 13.5. The number of fused-ring (bicyclic) bond motifs is 1. The van der Waals surface area contributed by atoms with Gasteiger partial charge in [-0.1, -0.05) is 51.8 Å². The summed E-state index contributed by atoms with van der Waals surface area (Å²) in [5.74, 6) is -0.423. The average Bonchev–Trinajstić information content (AvgIpc) is 2.63. The number of nitrogens with one attached hydrogen (secondary N) is 2. The van der Waals surface area contributed by atoms with Crippen molar-refractivity contribution >= 4 is 72.9 Å². The van der Waals surface area contributed by atoms with Gasteiger partial charge in [0.1, 0.15) is 5.69 Å². The number of amides is 1. The summed E-state index contributed by atoms with van der Waals surface area (Å²) in [6.07, 6.45) is 0. The quantitative estimate of drug-likeness (QED) is 0.312. The molecule has 0 bridgehead atoms. The highest BCUT2D eigenvalue weighted by Crippen LogP contribution is 2.28. The van der Waals surface area contributed by atoms with Gasteiger partial charge in [0.05, 0.1) is 4.92 Å². The van der Waals surface area contributed by atoms with Crippen molar-refractivity contribution in [2.24, 2.45) is 0 Å². The Bertz CT molecular complexity index is 1090. The molecule has 0 aliphatic heterocycles. The van der Waals surface area contributed by atoms with E-state index in [0.717, 1.165) is 15.2 Å². The number of nitro groups is 1. The van der Waals surface area contributed by atoms with Gasteiger partial charge in [0, 0.05) is 21.1 Å². The molecule has 136 valence electrons. The smallest absolute Gasteiger partial charge is 0.294 e. The van der Waals surface area contributed by atoms with Gasteiger partial charge in [-0.15, -0.1) is 0 Å². The Morgan fingerprint density at radius 2 is 1.81 bits per heavy atom. The van der Waals surface area contributed by atoms with Crippen LogP contribution >= 0.6 is 39.7 Å². The van der Waals surface area contributed by atoms with Crippen molar-refractivity contribution < 1.29 is 9.72 Å². The van der Waals surface area contributed by atoms with Crippen molar-refractivity contribution in [3.05, 3.63) is 79.8 Å². The van der Waals surface area contributed by atoms with Crippen LogP contribution in [0.4, 0.5) is 11.4 Å². The Balaban J connectivity index is 1.83. The highest BCUT2D eigenvalue weighted by atomic mass is 79.9. The number of hydrogen-bond acceptors (Lipinski definition) is 4. The van der Waals surface area contributed by atoms with E-state index in [4.69, 9.17) is 23.8 Å². The largest absolute Gasteiger partial charge is 0.327 e. The fourth-order valence-electron chi connectivity index (χ4n) is 2.56. The number of anilines is 1. The minimum Gasteiger partial charge on any atom is -0.327 e. The number of nitrogens with zero attached hydrogens (tertiary/aromatic N) is 1. The first-order valence-electron chi connectivity index (χ1n) is 7.60. The van der Waals surface area contributed by atoms with Crippen LogP contribution in [0.15, 0.2) is 59.1 Å². The molecule has 2 N–H and O–H groups in total. The molecule has 0 aromatic heterocycles. The minimum absolute atomic E-state index is 0.0579. The molecular weight excluding hydrogens is 454 g/mol. The van der Waals surface area contributed by atoms with E-state index >= 15 is 0 Å². The predicted molar refractivity (Wildman–Crippen MR) is 113 cm³/mol. The molecule has 0 saturated heterocycles. The van der Waals surface area contributed by atoms with Crippen LogP contribution in [0.1, 0.15) is 10.4 Å². The van der Waals surface area contributed by atoms with E-state index in [2.05, 4.69) is 26.6 Å². The number of nitro benzene ring substituents is 1. The third-order valence-corrected chi connectivity index (χ3v) is 4.88. The lowest BCUT2D eigenvalue weighted by molar-refractivity contribution is -0.383. The molecule has 27 heavy (non-hydrogen) atoms. The topological polar surface area (TPSA) is 84.3 Å². The number of rotatable bonds is 3. The Morgan fingerprint density at radius 1 is 1.11 bits per heavy atom. The van der Waals surface area contributed by atoms with Crippen LogP contribution < -0.4 is 10.6 Å². The van der Waals surface area contributed by atoms with Crippen LogP contribution in [-0.4, -0.2) is 15.9 Å². The molecule has 0 atom stereocenters. The molecule has 6 nitrogen and oxygen atoms in total. The normalized spacial score (nSPS) is 10.4. The molecule has 0 aliphatic carbocycles. The van der Waals surface area contributed by atoms with Crippen LogP contribution in [0.25, 0.3) is 10.8 Å². The van der Waals surface area contributed by atoms with E-state index in [1.807, 2.05) is 24.3 Å². The van der Waals surface area contributed by atoms with Crippen molar-refractivity contribution in [3.8, 4) is 0 Å². The minimum atomic E-state index is -0.582. The number of carbonyl (C=O) groups is 1. The molecule has 1 amide bonds. The first kappa shape index (κ1) is 19.2. The first-order chi connectivity index (χ1) is 12.9. The molecule has 0 heterocycles. The lowest BCUT2D eigenvalue weighted by atomic mass is 10.0. The summed E-state index contributed by atoms with van der Waals surface area (Å²) in [6, 6.07) is 15.0. The molecule has 3 aromatic rings. The zero-order valence-corrected chi connectivity index (χ0v) is 16.7. The van der Waals surface area contributed by atoms with Crippen molar-refractivity contribution in [1.29, 1.82) is 0 Å². The van der Waals surface area contributed by atoms with E-state index in [1.54, 1.807) is 12.1 Å². The second-order valence-electron chi connectivity index (χ2n) is 5.47. The summed E-state index contributed by atoms with van der Waals surface area (Å²) in [5.41, 5.74) is 0.326. The van der Waals surface area contributed by atoms with Crippen LogP contribution in [-0.2, 0) is 0 Å². The van der Waals surface area contributed by atoms with Gasteiger partial charge in [0.15, 0.2) is 5.11 Å². The summed E-state index contributed by atoms with van der Waals surface area (Å²) in [7, 11) is 0. The maximum Gasteiger partial charge on any atom is 0.294 e. The van der Waals surface area contributed by atoms with Gasteiger partial charge in [-0.05, 0) is 47.3 Å². The molecule has 0 spiro atoms. The highest BCUT2D eigenvalue weighted by molar-refractivity contribution is 9.10. The number of halogens is 2. The van der Waals surface area contributed by atoms with Gasteiger partial charge in [-0.25, -0.2) is 0 Å². The molecule has 3 aromatic carbocycles. The summed E-state index contributed by atoms with van der Waals surface area (Å²) >= 11 is 14.4. The van der Waals surface area contributed by atoms with Crippen LogP contribution in [0, 0.1) is 10.1 Å². The first-order valence-corrected chi connectivity index (χ1v) is 9.18. The number of thiocarbonyl (C=S) groups is 1. The second-order valence-corrected chi connectivity index (χ2v) is 7.17. The molecule has 9 heteroatoms.